The highest BCUT2D eigenvalue weighted by atomic mass is 32.2. The molecule has 1 aromatic rings. The van der Waals surface area contributed by atoms with E-state index in [1.807, 2.05) is 6.26 Å². The van der Waals surface area contributed by atoms with Gasteiger partial charge in [-0.3, -0.25) is 4.79 Å². The summed E-state index contributed by atoms with van der Waals surface area (Å²) in [5.74, 6) is -0.428. The Kier molecular flexibility index (Phi) is 4.98. The maximum absolute atomic E-state index is 12.9. The van der Waals surface area contributed by atoms with Crippen LogP contribution in [0.3, 0.4) is 0 Å². The Hall–Kier alpha value is -1.27. The van der Waals surface area contributed by atoms with Crippen molar-refractivity contribution >= 4 is 23.4 Å². The summed E-state index contributed by atoms with van der Waals surface area (Å²) in [4.78, 5) is 11.8. The number of nitrogens with two attached hydrogens (primary N) is 1. The topological polar surface area (TPSA) is 75.3 Å². The predicted molar refractivity (Wildman–Crippen MR) is 72.2 cm³/mol. The van der Waals surface area contributed by atoms with E-state index >= 15 is 0 Å². The van der Waals surface area contributed by atoms with Crippen LogP contribution in [0.15, 0.2) is 18.2 Å². The van der Waals surface area contributed by atoms with Gasteiger partial charge in [0, 0.05) is 17.9 Å². The molecular weight excluding hydrogens is 255 g/mol. The first-order valence-electron chi connectivity index (χ1n) is 5.40. The standard InChI is InChI=1S/C12H17FN2O2S/c1-12(17,7-18-2)6-15-11(16)8-3-4-9(13)10(14)5-8/h3-5,17H,6-7,14H2,1-2H3,(H,15,16). The van der Waals surface area contributed by atoms with Crippen LogP contribution in [0.2, 0.25) is 0 Å². The van der Waals surface area contributed by atoms with E-state index in [1.165, 1.54) is 23.9 Å². The van der Waals surface area contributed by atoms with Crippen LogP contribution in [0.5, 0.6) is 0 Å². The van der Waals surface area contributed by atoms with Crippen LogP contribution in [0.25, 0.3) is 0 Å². The Morgan fingerprint density at radius 2 is 2.28 bits per heavy atom. The van der Waals surface area contributed by atoms with Gasteiger partial charge in [0.2, 0.25) is 0 Å². The van der Waals surface area contributed by atoms with Crippen LogP contribution in [0, 0.1) is 5.82 Å². The van der Waals surface area contributed by atoms with Gasteiger partial charge >= 0.3 is 0 Å². The summed E-state index contributed by atoms with van der Waals surface area (Å²) in [5, 5.41) is 12.5. The molecule has 0 aliphatic carbocycles. The number of anilines is 1. The van der Waals surface area contributed by atoms with Gasteiger partial charge in [0.05, 0.1) is 11.3 Å². The maximum Gasteiger partial charge on any atom is 0.251 e. The summed E-state index contributed by atoms with van der Waals surface area (Å²) in [6.45, 7) is 1.77. The Balaban J connectivity index is 2.63. The maximum atomic E-state index is 12.9. The summed E-state index contributed by atoms with van der Waals surface area (Å²) < 4.78 is 12.9. The molecule has 0 fully saturated rings. The molecule has 1 amide bonds. The SMILES string of the molecule is CSCC(C)(O)CNC(=O)c1ccc(F)c(N)c1. The van der Waals surface area contributed by atoms with Gasteiger partial charge in [-0.1, -0.05) is 0 Å². The summed E-state index contributed by atoms with van der Waals surface area (Å²) in [6, 6.07) is 3.77. The lowest BCUT2D eigenvalue weighted by molar-refractivity contribution is 0.0725. The molecule has 1 aromatic carbocycles. The molecule has 0 saturated heterocycles. The van der Waals surface area contributed by atoms with Gasteiger partial charge in [0.15, 0.2) is 0 Å². The second-order valence-electron chi connectivity index (χ2n) is 4.35. The van der Waals surface area contributed by atoms with Crippen molar-refractivity contribution in [3.05, 3.63) is 29.6 Å². The van der Waals surface area contributed by atoms with Gasteiger partial charge in [-0.25, -0.2) is 4.39 Å². The first-order chi connectivity index (χ1) is 8.35. The van der Waals surface area contributed by atoms with E-state index in [0.717, 1.165) is 6.07 Å². The lowest BCUT2D eigenvalue weighted by atomic mass is 10.1. The zero-order valence-electron chi connectivity index (χ0n) is 10.4. The number of thioether (sulfide) groups is 1. The monoisotopic (exact) mass is 272 g/mol. The van der Waals surface area contributed by atoms with Crippen LogP contribution in [0.1, 0.15) is 17.3 Å². The Morgan fingerprint density at radius 3 is 2.83 bits per heavy atom. The fourth-order valence-electron chi connectivity index (χ4n) is 1.42. The molecule has 0 aliphatic rings. The van der Waals surface area contributed by atoms with E-state index < -0.39 is 11.4 Å². The predicted octanol–water partition coefficient (Wildman–Crippen LogP) is 1.25. The van der Waals surface area contributed by atoms with Crippen LogP contribution >= 0.6 is 11.8 Å². The van der Waals surface area contributed by atoms with Crippen molar-refractivity contribution in [2.75, 3.05) is 24.3 Å². The number of nitrogens with one attached hydrogen (secondary N) is 1. The number of carbonyl (C=O) groups excluding carboxylic acids is 1. The largest absolute Gasteiger partial charge is 0.396 e. The Labute approximate surface area is 110 Å². The molecule has 0 spiro atoms. The normalized spacial score (nSPS) is 14.0. The number of nitrogen functional groups attached to an aromatic ring is 1. The number of benzene rings is 1. The third kappa shape index (κ3) is 4.19. The smallest absolute Gasteiger partial charge is 0.251 e. The zero-order valence-corrected chi connectivity index (χ0v) is 11.2. The second-order valence-corrected chi connectivity index (χ2v) is 5.21. The summed E-state index contributed by atoms with van der Waals surface area (Å²) in [7, 11) is 0. The minimum atomic E-state index is -0.972. The van der Waals surface area contributed by atoms with Crippen LogP contribution < -0.4 is 11.1 Å². The van der Waals surface area contributed by atoms with Gasteiger partial charge in [-0.05, 0) is 31.4 Å². The third-order valence-corrected chi connectivity index (χ3v) is 3.25. The number of rotatable bonds is 5. The summed E-state index contributed by atoms with van der Waals surface area (Å²) >= 11 is 1.49. The molecule has 0 radical (unpaired) electrons. The first kappa shape index (κ1) is 14.8. The Bertz CT molecular complexity index is 438. The Morgan fingerprint density at radius 1 is 1.61 bits per heavy atom. The van der Waals surface area contributed by atoms with Crippen LogP contribution in [-0.4, -0.2) is 35.2 Å². The number of halogens is 1. The van der Waals surface area contributed by atoms with Gasteiger partial charge in [-0.2, -0.15) is 11.8 Å². The van der Waals surface area contributed by atoms with Crippen LogP contribution in [-0.2, 0) is 0 Å². The van der Waals surface area contributed by atoms with Crippen molar-refractivity contribution < 1.29 is 14.3 Å². The molecule has 0 heterocycles. The average Bonchev–Trinajstić information content (AvgIpc) is 2.30. The van der Waals surface area contributed by atoms with E-state index in [2.05, 4.69) is 5.32 Å². The van der Waals surface area contributed by atoms with E-state index in [4.69, 9.17) is 5.73 Å². The summed E-state index contributed by atoms with van der Waals surface area (Å²) in [5.41, 5.74) is 4.61. The van der Waals surface area contributed by atoms with Gasteiger partial charge in [-0.15, -0.1) is 0 Å². The molecule has 6 heteroatoms. The minimum absolute atomic E-state index is 0.0708. The summed E-state index contributed by atoms with van der Waals surface area (Å²) in [6.07, 6.45) is 1.87. The van der Waals surface area contributed by atoms with Gasteiger partial charge < -0.3 is 16.2 Å². The van der Waals surface area contributed by atoms with E-state index in [9.17, 15) is 14.3 Å². The fraction of sp³-hybridized carbons (Fsp3) is 0.417. The highest BCUT2D eigenvalue weighted by Crippen LogP contribution is 2.13. The van der Waals surface area contributed by atoms with E-state index in [-0.39, 0.29) is 23.7 Å². The third-order valence-electron chi connectivity index (χ3n) is 2.34. The number of amides is 1. The van der Waals surface area contributed by atoms with Crippen molar-refractivity contribution in [1.29, 1.82) is 0 Å². The lowest BCUT2D eigenvalue weighted by Crippen LogP contribution is -2.42. The van der Waals surface area contributed by atoms with Gasteiger partial charge in [0.25, 0.3) is 5.91 Å². The highest BCUT2D eigenvalue weighted by Gasteiger charge is 2.20. The average molecular weight is 272 g/mol. The van der Waals surface area contributed by atoms with E-state index in [1.54, 1.807) is 6.92 Å². The minimum Gasteiger partial charge on any atom is -0.396 e. The molecule has 1 rings (SSSR count). The second kappa shape index (κ2) is 6.06. The molecule has 1 atom stereocenters. The van der Waals surface area contributed by atoms with Crippen molar-refractivity contribution in [3.8, 4) is 0 Å². The molecule has 0 aliphatic heterocycles. The first-order valence-corrected chi connectivity index (χ1v) is 6.79. The molecule has 4 nitrogen and oxygen atoms in total. The zero-order chi connectivity index (χ0) is 13.8. The number of hydrogen-bond acceptors (Lipinski definition) is 4. The lowest BCUT2D eigenvalue weighted by Gasteiger charge is -2.22. The van der Waals surface area contributed by atoms with Crippen molar-refractivity contribution in [2.45, 2.75) is 12.5 Å². The molecule has 100 valence electrons. The molecule has 1 unspecified atom stereocenters. The molecule has 18 heavy (non-hydrogen) atoms. The van der Waals surface area contributed by atoms with E-state index in [0.29, 0.717) is 5.75 Å². The highest BCUT2D eigenvalue weighted by molar-refractivity contribution is 7.98. The number of carbonyl (C=O) groups is 1. The molecule has 4 N–H and O–H groups in total. The molecular formula is C12H17FN2O2S. The van der Waals surface area contributed by atoms with Crippen molar-refractivity contribution in [3.63, 3.8) is 0 Å². The van der Waals surface area contributed by atoms with Crippen molar-refractivity contribution in [2.24, 2.45) is 0 Å². The molecule has 0 aromatic heterocycles. The number of aliphatic hydroxyl groups is 1. The van der Waals surface area contributed by atoms with Crippen molar-refractivity contribution in [1.82, 2.24) is 5.32 Å². The quantitative estimate of drug-likeness (QED) is 0.705. The van der Waals surface area contributed by atoms with Gasteiger partial charge in [0.1, 0.15) is 5.82 Å². The number of hydrogen-bond donors (Lipinski definition) is 3. The molecule has 0 saturated carbocycles. The fourth-order valence-corrected chi connectivity index (χ4v) is 2.14. The molecule has 0 bridgehead atoms. The van der Waals surface area contributed by atoms with Crippen LogP contribution in [0.4, 0.5) is 10.1 Å².